The van der Waals surface area contributed by atoms with Crippen LogP contribution in [0.4, 0.5) is 0 Å². The van der Waals surface area contributed by atoms with Crippen LogP contribution in [-0.2, 0) is 20.7 Å². The summed E-state index contributed by atoms with van der Waals surface area (Å²) in [6.07, 6.45) is 12.8. The Bertz CT molecular complexity index is 775. The second kappa shape index (κ2) is 16.5. The van der Waals surface area contributed by atoms with Crippen LogP contribution in [0.2, 0.25) is 0 Å². The number of thiophene rings is 1. The van der Waals surface area contributed by atoms with Crippen molar-refractivity contribution in [3.63, 3.8) is 0 Å². The average molecular weight is 522 g/mol. The number of nitrogens with zero attached hydrogens (tertiary/aromatic N) is 1. The van der Waals surface area contributed by atoms with Crippen molar-refractivity contribution in [1.29, 1.82) is 0 Å². The van der Waals surface area contributed by atoms with Gasteiger partial charge in [-0.1, -0.05) is 32.6 Å². The van der Waals surface area contributed by atoms with Gasteiger partial charge in [-0.25, -0.2) is 4.79 Å². The maximum Gasteiger partial charge on any atom is 0.348 e. The third-order valence-corrected chi connectivity index (χ3v) is 8.98. The molecule has 0 bridgehead atoms. The van der Waals surface area contributed by atoms with Gasteiger partial charge >= 0.3 is 5.97 Å². The number of hydrogen-bond donors (Lipinski definition) is 1. The highest BCUT2D eigenvalue weighted by molar-refractivity contribution is 7.13. The topological polar surface area (TPSA) is 76.1 Å². The number of aryl methyl sites for hydroxylation is 1. The van der Waals surface area contributed by atoms with Crippen molar-refractivity contribution >= 4 is 23.1 Å². The normalized spacial score (nSPS) is 22.7. The van der Waals surface area contributed by atoms with Crippen molar-refractivity contribution in [3.8, 4) is 0 Å². The van der Waals surface area contributed by atoms with E-state index in [-0.39, 0.29) is 18.0 Å². The Morgan fingerprint density at radius 3 is 2.67 bits per heavy atom. The van der Waals surface area contributed by atoms with Gasteiger partial charge in [0.1, 0.15) is 17.3 Å². The van der Waals surface area contributed by atoms with E-state index in [2.05, 4.69) is 11.8 Å². The molecule has 204 valence electrons. The van der Waals surface area contributed by atoms with Gasteiger partial charge in [0.05, 0.1) is 19.3 Å². The summed E-state index contributed by atoms with van der Waals surface area (Å²) in [5.74, 6) is 0.900. The van der Waals surface area contributed by atoms with E-state index in [1.807, 2.05) is 12.1 Å². The molecule has 2 heterocycles. The number of rotatable bonds is 17. The van der Waals surface area contributed by atoms with Crippen LogP contribution in [0.5, 0.6) is 0 Å². The number of carbonyl (C=O) groups is 2. The Morgan fingerprint density at radius 1 is 1.06 bits per heavy atom. The minimum atomic E-state index is -0.257. The number of morpholine rings is 1. The van der Waals surface area contributed by atoms with Crippen molar-refractivity contribution in [1.82, 2.24) is 4.90 Å². The van der Waals surface area contributed by atoms with Crippen LogP contribution in [0.15, 0.2) is 12.1 Å². The third kappa shape index (κ3) is 10.2. The SMILES string of the molecule is CCCCCCCC(=O)CC[C@@H]1[C@@H](CCCc2ccc(C(=O)OCCN3CCOCC3)s2)CC[C@H]1O. The summed E-state index contributed by atoms with van der Waals surface area (Å²) in [4.78, 5) is 28.9. The van der Waals surface area contributed by atoms with E-state index in [9.17, 15) is 14.7 Å². The van der Waals surface area contributed by atoms with Crippen LogP contribution in [0.3, 0.4) is 0 Å². The van der Waals surface area contributed by atoms with Crippen LogP contribution >= 0.6 is 11.3 Å². The molecule has 1 aliphatic carbocycles. The van der Waals surface area contributed by atoms with Gasteiger partial charge in [-0.3, -0.25) is 9.69 Å². The molecule has 1 saturated heterocycles. The molecule has 6 nitrogen and oxygen atoms in total. The van der Waals surface area contributed by atoms with Crippen molar-refractivity contribution in [3.05, 3.63) is 21.9 Å². The highest BCUT2D eigenvalue weighted by Crippen LogP contribution is 2.38. The molecule has 2 aliphatic rings. The second-order valence-electron chi connectivity index (χ2n) is 10.6. The van der Waals surface area contributed by atoms with Crippen molar-refractivity contribution in [2.75, 3.05) is 39.5 Å². The minimum Gasteiger partial charge on any atom is -0.460 e. The molecule has 0 unspecified atom stereocenters. The highest BCUT2D eigenvalue weighted by Gasteiger charge is 2.34. The van der Waals surface area contributed by atoms with Crippen LogP contribution in [0.1, 0.15) is 98.5 Å². The van der Waals surface area contributed by atoms with E-state index in [0.29, 0.717) is 36.0 Å². The zero-order valence-corrected chi connectivity index (χ0v) is 23.1. The van der Waals surface area contributed by atoms with Gasteiger partial charge in [-0.05, 0) is 68.9 Å². The minimum absolute atomic E-state index is 0.228. The lowest BCUT2D eigenvalue weighted by Crippen LogP contribution is -2.38. The molecular weight excluding hydrogens is 474 g/mol. The number of Topliss-reactive ketones (excluding diaryl/α,β-unsaturated/α-hetero) is 1. The molecule has 3 atom stereocenters. The number of aliphatic hydroxyl groups excluding tert-OH is 1. The summed E-state index contributed by atoms with van der Waals surface area (Å²) in [5.41, 5.74) is 0. The van der Waals surface area contributed by atoms with Gasteiger partial charge in [0.2, 0.25) is 0 Å². The smallest absolute Gasteiger partial charge is 0.348 e. The van der Waals surface area contributed by atoms with E-state index in [4.69, 9.17) is 9.47 Å². The van der Waals surface area contributed by atoms with Crippen LogP contribution in [0, 0.1) is 11.8 Å². The Morgan fingerprint density at radius 2 is 1.86 bits per heavy atom. The maximum absolute atomic E-state index is 12.4. The summed E-state index contributed by atoms with van der Waals surface area (Å²) in [6, 6.07) is 3.93. The number of hydrogen-bond acceptors (Lipinski definition) is 7. The summed E-state index contributed by atoms with van der Waals surface area (Å²) in [7, 11) is 0. The van der Waals surface area contributed by atoms with Gasteiger partial charge in [0, 0.05) is 37.4 Å². The van der Waals surface area contributed by atoms with Crippen LogP contribution < -0.4 is 0 Å². The largest absolute Gasteiger partial charge is 0.460 e. The summed E-state index contributed by atoms with van der Waals surface area (Å²) >= 11 is 1.54. The molecule has 0 amide bonds. The molecule has 0 radical (unpaired) electrons. The molecule has 1 saturated carbocycles. The molecule has 2 fully saturated rings. The highest BCUT2D eigenvalue weighted by atomic mass is 32.1. The standard InChI is InChI=1S/C29H47NO5S/c1-2-3-4-5-6-9-24(31)12-14-26-23(11-15-27(26)32)8-7-10-25-13-16-28(36-25)29(33)35-22-19-30-17-20-34-21-18-30/h13,16,23,26-27,32H,2-12,14-15,17-22H2,1H3/t23-,26+,27+/m0/s1. The van der Waals surface area contributed by atoms with E-state index in [0.717, 1.165) is 84.2 Å². The van der Waals surface area contributed by atoms with E-state index in [1.165, 1.54) is 35.5 Å². The van der Waals surface area contributed by atoms with Crippen LogP contribution in [-0.4, -0.2) is 67.3 Å². The maximum atomic E-state index is 12.4. The average Bonchev–Trinajstić information content (AvgIpc) is 3.50. The number of ketones is 1. The van der Waals surface area contributed by atoms with Gasteiger partial charge < -0.3 is 14.6 Å². The Hall–Kier alpha value is -1.28. The summed E-state index contributed by atoms with van der Waals surface area (Å²) in [6.45, 7) is 6.67. The van der Waals surface area contributed by atoms with Gasteiger partial charge in [0.15, 0.2) is 0 Å². The number of ether oxygens (including phenoxy) is 2. The molecule has 7 heteroatoms. The van der Waals surface area contributed by atoms with E-state index in [1.54, 1.807) is 0 Å². The quantitative estimate of drug-likeness (QED) is 0.211. The number of carbonyl (C=O) groups excluding carboxylic acids is 2. The van der Waals surface area contributed by atoms with E-state index >= 15 is 0 Å². The fourth-order valence-electron chi connectivity index (χ4n) is 5.62. The number of esters is 1. The zero-order chi connectivity index (χ0) is 25.6. The first kappa shape index (κ1) is 29.3. The molecule has 0 spiro atoms. The first-order chi connectivity index (χ1) is 17.6. The Labute approximate surface area is 221 Å². The van der Waals surface area contributed by atoms with Crippen molar-refractivity contribution < 1.29 is 24.2 Å². The fourth-order valence-corrected chi connectivity index (χ4v) is 6.56. The zero-order valence-electron chi connectivity index (χ0n) is 22.3. The number of unbranched alkanes of at least 4 members (excludes halogenated alkanes) is 4. The predicted molar refractivity (Wildman–Crippen MR) is 145 cm³/mol. The predicted octanol–water partition coefficient (Wildman–Crippen LogP) is 5.66. The van der Waals surface area contributed by atoms with Crippen LogP contribution in [0.25, 0.3) is 0 Å². The first-order valence-corrected chi connectivity index (χ1v) is 15.1. The van der Waals surface area contributed by atoms with Gasteiger partial charge in [0.25, 0.3) is 0 Å². The molecule has 0 aromatic carbocycles. The second-order valence-corrected chi connectivity index (χ2v) is 11.7. The molecule has 1 N–H and O–H groups in total. The first-order valence-electron chi connectivity index (χ1n) is 14.3. The fraction of sp³-hybridized carbons (Fsp3) is 0.793. The summed E-state index contributed by atoms with van der Waals surface area (Å²) < 4.78 is 10.8. The Balaban J connectivity index is 1.31. The molecule has 36 heavy (non-hydrogen) atoms. The third-order valence-electron chi connectivity index (χ3n) is 7.85. The molecule has 1 aromatic rings. The van der Waals surface area contributed by atoms with E-state index < -0.39 is 0 Å². The molecule has 1 aromatic heterocycles. The van der Waals surface area contributed by atoms with Gasteiger partial charge in [-0.2, -0.15) is 0 Å². The number of aliphatic hydroxyl groups is 1. The lowest BCUT2D eigenvalue weighted by molar-refractivity contribution is -0.119. The lowest BCUT2D eigenvalue weighted by atomic mass is 9.85. The summed E-state index contributed by atoms with van der Waals surface area (Å²) in [5, 5.41) is 10.5. The lowest BCUT2D eigenvalue weighted by Gasteiger charge is -2.26. The van der Waals surface area contributed by atoms with Crippen molar-refractivity contribution in [2.24, 2.45) is 11.8 Å². The van der Waals surface area contributed by atoms with Gasteiger partial charge in [-0.15, -0.1) is 11.3 Å². The Kier molecular flexibility index (Phi) is 13.5. The molecule has 3 rings (SSSR count). The molecular formula is C29H47NO5S. The molecule has 1 aliphatic heterocycles. The van der Waals surface area contributed by atoms with Crippen molar-refractivity contribution in [2.45, 2.75) is 96.5 Å². The monoisotopic (exact) mass is 521 g/mol.